The molecule has 0 heterocycles. The number of rotatable bonds is 7. The minimum absolute atomic E-state index is 0.0724. The van der Waals surface area contributed by atoms with Crippen molar-refractivity contribution in [2.75, 3.05) is 12.3 Å². The maximum Gasteiger partial charge on any atom is 0.154 e. The summed E-state index contributed by atoms with van der Waals surface area (Å²) in [6.07, 6.45) is 4.80. The van der Waals surface area contributed by atoms with Crippen LogP contribution in [-0.2, 0) is 9.84 Å². The third-order valence-corrected chi connectivity index (χ3v) is 6.81. The quantitative estimate of drug-likeness (QED) is 0.784. The first-order valence-corrected chi connectivity index (χ1v) is 9.87. The van der Waals surface area contributed by atoms with Crippen LogP contribution in [0.1, 0.15) is 66.7 Å². The van der Waals surface area contributed by atoms with Crippen LogP contribution in [0, 0.1) is 11.3 Å². The molecule has 0 radical (unpaired) electrons. The molecule has 1 aliphatic carbocycles. The third kappa shape index (κ3) is 4.73. The van der Waals surface area contributed by atoms with Crippen molar-refractivity contribution in [3.8, 4) is 0 Å². The van der Waals surface area contributed by atoms with Crippen LogP contribution in [0.5, 0.6) is 0 Å². The van der Waals surface area contributed by atoms with E-state index in [9.17, 15) is 8.42 Å². The minimum Gasteiger partial charge on any atom is -0.312 e. The molecule has 120 valence electrons. The van der Waals surface area contributed by atoms with Gasteiger partial charge in [-0.25, -0.2) is 8.42 Å². The van der Waals surface area contributed by atoms with Crippen molar-refractivity contribution in [2.45, 2.75) is 78.0 Å². The summed E-state index contributed by atoms with van der Waals surface area (Å²) in [6.45, 7) is 11.6. The van der Waals surface area contributed by atoms with E-state index in [1.54, 1.807) is 0 Å². The molecule has 4 heteroatoms. The molecule has 1 fully saturated rings. The third-order valence-electron chi connectivity index (χ3n) is 4.58. The van der Waals surface area contributed by atoms with Gasteiger partial charge in [0, 0.05) is 6.04 Å². The van der Waals surface area contributed by atoms with Gasteiger partial charge in [0.05, 0.1) is 11.0 Å². The van der Waals surface area contributed by atoms with Crippen LogP contribution in [0.15, 0.2) is 0 Å². The summed E-state index contributed by atoms with van der Waals surface area (Å²) in [5.41, 5.74) is 0.0724. The highest BCUT2D eigenvalue weighted by atomic mass is 32.2. The van der Waals surface area contributed by atoms with Crippen LogP contribution in [0.2, 0.25) is 0 Å². The van der Waals surface area contributed by atoms with Gasteiger partial charge in [0.15, 0.2) is 9.84 Å². The van der Waals surface area contributed by atoms with Crippen molar-refractivity contribution >= 4 is 9.84 Å². The molecule has 0 bridgehead atoms. The van der Waals surface area contributed by atoms with Crippen LogP contribution in [-0.4, -0.2) is 32.0 Å². The first-order chi connectivity index (χ1) is 9.20. The molecule has 0 saturated heterocycles. The summed E-state index contributed by atoms with van der Waals surface area (Å²) in [6, 6.07) is 0.105. The van der Waals surface area contributed by atoms with Gasteiger partial charge in [0.25, 0.3) is 0 Å². The average molecular weight is 304 g/mol. The molecule has 0 aromatic heterocycles. The average Bonchev–Trinajstić information content (AvgIpc) is 2.34. The number of hydrogen-bond acceptors (Lipinski definition) is 3. The zero-order chi connectivity index (χ0) is 15.4. The van der Waals surface area contributed by atoms with Gasteiger partial charge in [-0.1, -0.05) is 41.0 Å². The fourth-order valence-electron chi connectivity index (χ4n) is 3.23. The fraction of sp³-hybridized carbons (Fsp3) is 1.00. The molecular weight excluding hydrogens is 270 g/mol. The second kappa shape index (κ2) is 7.26. The molecule has 0 spiro atoms. The first kappa shape index (κ1) is 18.0. The molecule has 1 aliphatic rings. The number of nitrogens with one attached hydrogen (secondary N) is 1. The van der Waals surface area contributed by atoms with Crippen molar-refractivity contribution in [3.05, 3.63) is 0 Å². The SMILES string of the molecule is CCCNC1C(S(=O)(=O)CCC(C)C)CCCC1(C)C. The predicted molar refractivity (Wildman–Crippen MR) is 86.7 cm³/mol. The Morgan fingerprint density at radius 3 is 2.50 bits per heavy atom. The van der Waals surface area contributed by atoms with E-state index in [2.05, 4.69) is 39.9 Å². The Morgan fingerprint density at radius 2 is 1.95 bits per heavy atom. The molecule has 0 aromatic rings. The molecule has 2 unspecified atom stereocenters. The summed E-state index contributed by atoms with van der Waals surface area (Å²) in [5, 5.41) is 3.33. The largest absolute Gasteiger partial charge is 0.312 e. The van der Waals surface area contributed by atoms with E-state index >= 15 is 0 Å². The maximum absolute atomic E-state index is 12.7. The lowest BCUT2D eigenvalue weighted by Crippen LogP contribution is -2.55. The molecule has 0 aromatic carbocycles. The number of hydrogen-bond donors (Lipinski definition) is 1. The van der Waals surface area contributed by atoms with E-state index in [0.717, 1.165) is 38.6 Å². The Bertz CT molecular complexity index is 387. The molecule has 1 N–H and O–H groups in total. The highest BCUT2D eigenvalue weighted by Crippen LogP contribution is 2.39. The van der Waals surface area contributed by atoms with E-state index in [4.69, 9.17) is 0 Å². The Hall–Kier alpha value is -0.0900. The second-order valence-electron chi connectivity index (χ2n) is 7.40. The summed E-state index contributed by atoms with van der Waals surface area (Å²) >= 11 is 0. The molecule has 0 amide bonds. The maximum atomic E-state index is 12.7. The molecule has 1 rings (SSSR count). The van der Waals surface area contributed by atoms with E-state index in [-0.39, 0.29) is 16.7 Å². The highest BCUT2D eigenvalue weighted by molar-refractivity contribution is 7.92. The molecule has 3 nitrogen and oxygen atoms in total. The molecular formula is C16H33NO2S. The summed E-state index contributed by atoms with van der Waals surface area (Å²) in [4.78, 5) is 0. The van der Waals surface area contributed by atoms with Crippen molar-refractivity contribution in [1.82, 2.24) is 5.32 Å². The van der Waals surface area contributed by atoms with Gasteiger partial charge in [-0.2, -0.15) is 0 Å². The van der Waals surface area contributed by atoms with E-state index in [1.807, 2.05) is 0 Å². The number of sulfone groups is 1. The summed E-state index contributed by atoms with van der Waals surface area (Å²) < 4.78 is 25.4. The van der Waals surface area contributed by atoms with E-state index < -0.39 is 9.84 Å². The van der Waals surface area contributed by atoms with Crippen LogP contribution in [0.25, 0.3) is 0 Å². The standard InChI is InChI=1S/C16H33NO2S/c1-6-11-17-15-14(8-7-10-16(15,4)5)20(18,19)12-9-13(2)3/h13-15,17H,6-12H2,1-5H3. The zero-order valence-electron chi connectivity index (χ0n) is 13.9. The van der Waals surface area contributed by atoms with E-state index in [0.29, 0.717) is 11.7 Å². The van der Waals surface area contributed by atoms with Gasteiger partial charge < -0.3 is 5.32 Å². The molecule has 20 heavy (non-hydrogen) atoms. The summed E-state index contributed by atoms with van der Waals surface area (Å²) in [5.74, 6) is 0.791. The van der Waals surface area contributed by atoms with Crippen molar-refractivity contribution in [1.29, 1.82) is 0 Å². The summed E-state index contributed by atoms with van der Waals surface area (Å²) in [7, 11) is -2.99. The van der Waals surface area contributed by atoms with Gasteiger partial charge >= 0.3 is 0 Å². The zero-order valence-corrected chi connectivity index (χ0v) is 14.7. The van der Waals surface area contributed by atoms with Crippen LogP contribution >= 0.6 is 0 Å². The normalized spacial score (nSPS) is 26.9. The van der Waals surface area contributed by atoms with Crippen molar-refractivity contribution in [3.63, 3.8) is 0 Å². The fourth-order valence-corrected chi connectivity index (χ4v) is 5.74. The van der Waals surface area contributed by atoms with Crippen molar-refractivity contribution in [2.24, 2.45) is 11.3 Å². The lowest BCUT2D eigenvalue weighted by Gasteiger charge is -2.44. The van der Waals surface area contributed by atoms with Crippen LogP contribution < -0.4 is 5.32 Å². The van der Waals surface area contributed by atoms with E-state index in [1.165, 1.54) is 0 Å². The Labute approximate surface area is 125 Å². The molecule has 0 aliphatic heterocycles. The van der Waals surface area contributed by atoms with Gasteiger partial charge in [0.1, 0.15) is 0 Å². The van der Waals surface area contributed by atoms with Crippen molar-refractivity contribution < 1.29 is 8.42 Å². The lowest BCUT2D eigenvalue weighted by molar-refractivity contribution is 0.171. The monoisotopic (exact) mass is 303 g/mol. The highest BCUT2D eigenvalue weighted by Gasteiger charge is 2.44. The predicted octanol–water partition coefficient (Wildman–Crippen LogP) is 3.39. The second-order valence-corrected chi connectivity index (χ2v) is 9.74. The first-order valence-electron chi connectivity index (χ1n) is 8.15. The van der Waals surface area contributed by atoms with Gasteiger partial charge in [-0.15, -0.1) is 0 Å². The Morgan fingerprint density at radius 1 is 1.30 bits per heavy atom. The van der Waals surface area contributed by atoms with Crippen LogP contribution in [0.3, 0.4) is 0 Å². The van der Waals surface area contributed by atoms with Gasteiger partial charge in [-0.05, 0) is 43.6 Å². The topological polar surface area (TPSA) is 46.2 Å². The Kier molecular flexibility index (Phi) is 6.52. The minimum atomic E-state index is -2.99. The van der Waals surface area contributed by atoms with Gasteiger partial charge in [0.2, 0.25) is 0 Å². The lowest BCUT2D eigenvalue weighted by atomic mass is 9.73. The molecule has 1 saturated carbocycles. The van der Waals surface area contributed by atoms with Gasteiger partial charge in [-0.3, -0.25) is 0 Å². The molecule has 2 atom stereocenters. The smallest absolute Gasteiger partial charge is 0.154 e. The Balaban J connectivity index is 2.87. The van der Waals surface area contributed by atoms with Crippen LogP contribution in [0.4, 0.5) is 0 Å².